The normalized spacial score (nSPS) is 21.9. The Bertz CT molecular complexity index is 725. The Hall–Kier alpha value is -1.34. The van der Waals surface area contributed by atoms with Gasteiger partial charge in [0.25, 0.3) is 5.56 Å². The van der Waals surface area contributed by atoms with Gasteiger partial charge in [-0.1, -0.05) is 31.5 Å². The van der Waals surface area contributed by atoms with Gasteiger partial charge in [0.15, 0.2) is 5.16 Å². The third kappa shape index (κ3) is 3.52. The lowest BCUT2D eigenvalue weighted by atomic mass is 9.86. The van der Waals surface area contributed by atoms with Crippen LogP contribution in [0.3, 0.4) is 0 Å². The van der Waals surface area contributed by atoms with Gasteiger partial charge in [0.1, 0.15) is 4.83 Å². The number of hydrogen-bond donors (Lipinski definition) is 2. The zero-order valence-electron chi connectivity index (χ0n) is 12.4. The van der Waals surface area contributed by atoms with Gasteiger partial charge in [0.2, 0.25) is 5.91 Å². The van der Waals surface area contributed by atoms with E-state index in [-0.39, 0.29) is 23.3 Å². The average Bonchev–Trinajstić information content (AvgIpc) is 2.97. The molecule has 0 spiro atoms. The van der Waals surface area contributed by atoms with Crippen LogP contribution in [0.5, 0.6) is 0 Å². The van der Waals surface area contributed by atoms with Crippen LogP contribution in [-0.4, -0.2) is 27.7 Å². The van der Waals surface area contributed by atoms with Gasteiger partial charge in [-0.15, -0.1) is 11.3 Å². The van der Waals surface area contributed by atoms with E-state index in [0.29, 0.717) is 21.3 Å². The van der Waals surface area contributed by atoms with Crippen LogP contribution in [-0.2, 0) is 4.79 Å². The molecule has 0 bridgehead atoms. The summed E-state index contributed by atoms with van der Waals surface area (Å²) < 4.78 is 0. The smallest absolute Gasteiger partial charge is 0.260 e. The second-order valence-electron chi connectivity index (χ2n) is 5.73. The fourth-order valence-corrected chi connectivity index (χ4v) is 4.32. The number of H-pyrrole nitrogens is 1. The van der Waals surface area contributed by atoms with Crippen LogP contribution in [0.4, 0.5) is 0 Å². The van der Waals surface area contributed by atoms with Gasteiger partial charge >= 0.3 is 0 Å². The number of thioether (sulfide) groups is 1. The van der Waals surface area contributed by atoms with Crippen LogP contribution in [0.1, 0.15) is 32.6 Å². The number of hydrogen-bond acceptors (Lipinski definition) is 5. The number of carbonyl (C=O) groups excluding carboxylic acids is 1. The predicted octanol–water partition coefficient (Wildman–Crippen LogP) is 2.77. The molecule has 2 aromatic rings. The monoisotopic (exact) mass is 337 g/mol. The van der Waals surface area contributed by atoms with Gasteiger partial charge < -0.3 is 10.3 Å². The molecule has 1 fully saturated rings. The molecule has 2 aromatic heterocycles. The zero-order valence-corrected chi connectivity index (χ0v) is 14.1. The molecule has 0 radical (unpaired) electrons. The summed E-state index contributed by atoms with van der Waals surface area (Å²) in [6.07, 6.45) is 4.69. The van der Waals surface area contributed by atoms with Crippen molar-refractivity contribution in [1.29, 1.82) is 0 Å². The topological polar surface area (TPSA) is 74.8 Å². The van der Waals surface area contributed by atoms with E-state index in [1.807, 2.05) is 5.38 Å². The second kappa shape index (κ2) is 6.83. The van der Waals surface area contributed by atoms with Crippen LogP contribution in [0, 0.1) is 5.92 Å². The first-order valence-electron chi connectivity index (χ1n) is 7.53. The highest BCUT2D eigenvalue weighted by Gasteiger charge is 2.22. The highest BCUT2D eigenvalue weighted by molar-refractivity contribution is 7.99. The summed E-state index contributed by atoms with van der Waals surface area (Å²) in [6.45, 7) is 2.20. The Morgan fingerprint density at radius 3 is 3.14 bits per heavy atom. The van der Waals surface area contributed by atoms with E-state index in [0.717, 1.165) is 6.42 Å². The molecule has 7 heteroatoms. The van der Waals surface area contributed by atoms with Gasteiger partial charge in [-0.05, 0) is 30.2 Å². The number of aromatic amines is 1. The Morgan fingerprint density at radius 2 is 2.32 bits per heavy atom. The first-order chi connectivity index (χ1) is 10.6. The van der Waals surface area contributed by atoms with Crippen LogP contribution >= 0.6 is 23.1 Å². The molecule has 2 atom stereocenters. The lowest BCUT2D eigenvalue weighted by molar-refractivity contribution is -0.119. The van der Waals surface area contributed by atoms with Crippen molar-refractivity contribution in [3.8, 4) is 0 Å². The minimum absolute atomic E-state index is 0.0117. The number of fused-ring (bicyclic) bond motifs is 1. The van der Waals surface area contributed by atoms with E-state index < -0.39 is 0 Å². The highest BCUT2D eigenvalue weighted by atomic mass is 32.2. The molecule has 1 aliphatic carbocycles. The van der Waals surface area contributed by atoms with E-state index in [4.69, 9.17) is 0 Å². The first kappa shape index (κ1) is 15.6. The molecule has 0 unspecified atom stereocenters. The number of carbonyl (C=O) groups is 1. The van der Waals surface area contributed by atoms with Crippen molar-refractivity contribution in [3.63, 3.8) is 0 Å². The fourth-order valence-electron chi connectivity index (χ4n) is 2.83. The Balaban J connectivity index is 1.58. The summed E-state index contributed by atoms with van der Waals surface area (Å²) in [5.74, 6) is 0.837. The van der Waals surface area contributed by atoms with E-state index in [1.165, 1.54) is 42.4 Å². The largest absolute Gasteiger partial charge is 0.352 e. The van der Waals surface area contributed by atoms with Gasteiger partial charge in [0.05, 0.1) is 11.1 Å². The molecule has 118 valence electrons. The number of nitrogens with zero attached hydrogens (tertiary/aromatic N) is 1. The molecule has 1 aliphatic rings. The van der Waals surface area contributed by atoms with Crippen LogP contribution < -0.4 is 10.9 Å². The maximum absolute atomic E-state index is 12.1. The number of rotatable bonds is 4. The Kier molecular flexibility index (Phi) is 4.83. The molecule has 0 saturated heterocycles. The third-order valence-corrected chi connectivity index (χ3v) is 5.79. The van der Waals surface area contributed by atoms with Gasteiger partial charge in [-0.2, -0.15) is 0 Å². The van der Waals surface area contributed by atoms with Crippen LogP contribution in [0.25, 0.3) is 10.2 Å². The fraction of sp³-hybridized carbons (Fsp3) is 0.533. The first-order valence-corrected chi connectivity index (χ1v) is 9.39. The van der Waals surface area contributed by atoms with E-state index in [9.17, 15) is 9.59 Å². The van der Waals surface area contributed by atoms with Gasteiger partial charge in [0, 0.05) is 6.04 Å². The molecule has 1 saturated carbocycles. The SMILES string of the molecule is C[C@@H]1CCCC[C@H]1NC(=O)CSc1nc2sccc2c(=O)[nH]1. The lowest BCUT2D eigenvalue weighted by Gasteiger charge is -2.29. The molecule has 3 rings (SSSR count). The lowest BCUT2D eigenvalue weighted by Crippen LogP contribution is -2.41. The maximum atomic E-state index is 12.1. The quantitative estimate of drug-likeness (QED) is 0.664. The molecule has 5 nitrogen and oxygen atoms in total. The third-order valence-electron chi connectivity index (χ3n) is 4.11. The van der Waals surface area contributed by atoms with E-state index >= 15 is 0 Å². The van der Waals surface area contributed by atoms with Crippen molar-refractivity contribution in [2.45, 2.75) is 43.8 Å². The number of amides is 1. The molecular formula is C15H19N3O2S2. The molecule has 22 heavy (non-hydrogen) atoms. The molecular weight excluding hydrogens is 318 g/mol. The molecule has 0 aromatic carbocycles. The number of thiophene rings is 1. The average molecular weight is 337 g/mol. The van der Waals surface area contributed by atoms with Crippen molar-refractivity contribution < 1.29 is 4.79 Å². The van der Waals surface area contributed by atoms with Crippen molar-refractivity contribution in [2.75, 3.05) is 5.75 Å². The minimum Gasteiger partial charge on any atom is -0.352 e. The molecule has 2 heterocycles. The minimum atomic E-state index is -0.143. The van der Waals surface area contributed by atoms with Crippen molar-refractivity contribution >= 4 is 39.2 Å². The summed E-state index contributed by atoms with van der Waals surface area (Å²) in [5.41, 5.74) is -0.143. The number of nitrogens with one attached hydrogen (secondary N) is 2. The predicted molar refractivity (Wildman–Crippen MR) is 90.5 cm³/mol. The van der Waals surface area contributed by atoms with Crippen molar-refractivity contribution in [3.05, 3.63) is 21.8 Å². The molecule has 2 N–H and O–H groups in total. The van der Waals surface area contributed by atoms with Crippen molar-refractivity contribution in [1.82, 2.24) is 15.3 Å². The van der Waals surface area contributed by atoms with Gasteiger partial charge in [-0.25, -0.2) is 4.98 Å². The summed E-state index contributed by atoms with van der Waals surface area (Å²) in [4.78, 5) is 31.8. The standard InChI is InChI=1S/C15H19N3O2S2/c1-9-4-2-3-5-11(9)16-12(19)8-22-15-17-13(20)10-6-7-21-14(10)18-15/h6-7,9,11H,2-5,8H2,1H3,(H,16,19)(H,17,18,20)/t9-,11-/m1/s1. The second-order valence-corrected chi connectivity index (χ2v) is 7.59. The summed E-state index contributed by atoms with van der Waals surface area (Å²) in [7, 11) is 0. The Labute approximate surface area is 136 Å². The zero-order chi connectivity index (χ0) is 15.5. The van der Waals surface area contributed by atoms with Crippen LogP contribution in [0.15, 0.2) is 21.4 Å². The summed E-state index contributed by atoms with van der Waals surface area (Å²) in [5, 5.41) is 6.07. The Morgan fingerprint density at radius 1 is 1.50 bits per heavy atom. The summed E-state index contributed by atoms with van der Waals surface area (Å²) in [6, 6.07) is 2.05. The van der Waals surface area contributed by atoms with Crippen molar-refractivity contribution in [2.24, 2.45) is 5.92 Å². The summed E-state index contributed by atoms with van der Waals surface area (Å²) >= 11 is 2.71. The van der Waals surface area contributed by atoms with Crippen LogP contribution in [0.2, 0.25) is 0 Å². The van der Waals surface area contributed by atoms with E-state index in [2.05, 4.69) is 22.2 Å². The number of aromatic nitrogens is 2. The molecule has 0 aliphatic heterocycles. The maximum Gasteiger partial charge on any atom is 0.260 e. The molecule has 1 amide bonds. The highest BCUT2D eigenvalue weighted by Crippen LogP contribution is 2.24. The van der Waals surface area contributed by atoms with E-state index in [1.54, 1.807) is 6.07 Å². The van der Waals surface area contributed by atoms with Gasteiger partial charge in [-0.3, -0.25) is 9.59 Å².